The van der Waals surface area contributed by atoms with Gasteiger partial charge in [0.1, 0.15) is 23.3 Å². The first-order valence-corrected chi connectivity index (χ1v) is 11.7. The molecule has 1 aliphatic carbocycles. The minimum Gasteiger partial charge on any atom is -0.492 e. The zero-order chi connectivity index (χ0) is 23.9. The molecule has 6 rings (SSSR count). The summed E-state index contributed by atoms with van der Waals surface area (Å²) in [6.45, 7) is 2.03. The third-order valence-corrected chi connectivity index (χ3v) is 6.72. The van der Waals surface area contributed by atoms with E-state index < -0.39 is 6.09 Å². The summed E-state index contributed by atoms with van der Waals surface area (Å²) in [6.07, 6.45) is 5.16. The summed E-state index contributed by atoms with van der Waals surface area (Å²) in [5.74, 6) is 2.19. The first kappa shape index (κ1) is 21.5. The predicted octanol–water partition coefficient (Wildman–Crippen LogP) is 2.87. The number of amides is 2. The van der Waals surface area contributed by atoms with E-state index in [0.717, 1.165) is 6.42 Å². The fourth-order valence-corrected chi connectivity index (χ4v) is 4.60. The molecule has 2 amide bonds. The van der Waals surface area contributed by atoms with E-state index >= 15 is 0 Å². The first-order chi connectivity index (χ1) is 17.1. The Morgan fingerprint density at radius 2 is 2.09 bits per heavy atom. The SMILES string of the molecule is O=C(NCC1CCN(C(=O)O)C1)c1c[nH]c2c(-c3c(OCC4CC4)ccc4c3OCO4)ncnc12. The van der Waals surface area contributed by atoms with E-state index in [-0.39, 0.29) is 18.6 Å². The molecule has 2 fully saturated rings. The number of carbonyl (C=O) groups excluding carboxylic acids is 1. The lowest BCUT2D eigenvalue weighted by Crippen LogP contribution is -2.32. The second kappa shape index (κ2) is 8.64. The predicted molar refractivity (Wildman–Crippen MR) is 124 cm³/mol. The quantitative estimate of drug-likeness (QED) is 0.470. The van der Waals surface area contributed by atoms with Crippen molar-refractivity contribution in [2.75, 3.05) is 33.0 Å². The summed E-state index contributed by atoms with van der Waals surface area (Å²) in [6, 6.07) is 3.69. The number of likely N-dealkylation sites (tertiary alicyclic amines) is 1. The van der Waals surface area contributed by atoms with Crippen LogP contribution in [-0.2, 0) is 0 Å². The second-order valence-corrected chi connectivity index (χ2v) is 9.17. The molecule has 3 aromatic rings. The molecule has 1 aromatic carbocycles. The number of carbonyl (C=O) groups is 2. The molecule has 1 unspecified atom stereocenters. The molecule has 1 saturated heterocycles. The molecule has 3 aliphatic rings. The van der Waals surface area contributed by atoms with Gasteiger partial charge in [-0.2, -0.15) is 0 Å². The van der Waals surface area contributed by atoms with Gasteiger partial charge in [-0.1, -0.05) is 0 Å². The van der Waals surface area contributed by atoms with Crippen LogP contribution >= 0.6 is 0 Å². The Morgan fingerprint density at radius 3 is 2.89 bits per heavy atom. The number of hydrogen-bond donors (Lipinski definition) is 3. The molecule has 1 atom stereocenters. The number of hydrogen-bond acceptors (Lipinski definition) is 7. The van der Waals surface area contributed by atoms with Crippen LogP contribution in [0.4, 0.5) is 4.79 Å². The number of rotatable bonds is 7. The summed E-state index contributed by atoms with van der Waals surface area (Å²) < 4.78 is 17.5. The maximum absolute atomic E-state index is 13.0. The number of nitrogens with one attached hydrogen (secondary N) is 2. The van der Waals surface area contributed by atoms with E-state index in [1.54, 1.807) is 6.20 Å². The maximum atomic E-state index is 13.0. The van der Waals surface area contributed by atoms with Crippen molar-refractivity contribution in [3.8, 4) is 28.5 Å². The van der Waals surface area contributed by atoms with Crippen LogP contribution in [0.3, 0.4) is 0 Å². The summed E-state index contributed by atoms with van der Waals surface area (Å²) in [5, 5.41) is 12.1. The van der Waals surface area contributed by atoms with Gasteiger partial charge in [0.2, 0.25) is 6.79 Å². The summed E-state index contributed by atoms with van der Waals surface area (Å²) >= 11 is 0. The van der Waals surface area contributed by atoms with Crippen molar-refractivity contribution in [1.29, 1.82) is 0 Å². The van der Waals surface area contributed by atoms with E-state index in [1.807, 2.05) is 12.1 Å². The van der Waals surface area contributed by atoms with Gasteiger partial charge in [0, 0.05) is 25.8 Å². The van der Waals surface area contributed by atoms with E-state index in [1.165, 1.54) is 24.1 Å². The van der Waals surface area contributed by atoms with Crippen LogP contribution in [0.5, 0.6) is 17.2 Å². The van der Waals surface area contributed by atoms with Crippen LogP contribution in [0.15, 0.2) is 24.7 Å². The molecule has 0 bridgehead atoms. The van der Waals surface area contributed by atoms with Gasteiger partial charge in [-0.3, -0.25) is 4.79 Å². The fourth-order valence-electron chi connectivity index (χ4n) is 4.60. The summed E-state index contributed by atoms with van der Waals surface area (Å²) in [4.78, 5) is 37.5. The highest BCUT2D eigenvalue weighted by Crippen LogP contribution is 2.48. The second-order valence-electron chi connectivity index (χ2n) is 9.17. The van der Waals surface area contributed by atoms with Gasteiger partial charge in [-0.25, -0.2) is 14.8 Å². The number of nitrogens with zero attached hydrogens (tertiary/aromatic N) is 3. The number of carboxylic acid groups (broad SMARTS) is 1. The van der Waals surface area contributed by atoms with Crippen LogP contribution in [-0.4, -0.2) is 70.0 Å². The van der Waals surface area contributed by atoms with E-state index in [9.17, 15) is 9.59 Å². The Hall–Kier alpha value is -4.02. The van der Waals surface area contributed by atoms with E-state index in [4.69, 9.17) is 19.3 Å². The Kier molecular flexibility index (Phi) is 5.31. The Balaban J connectivity index is 1.28. The van der Waals surface area contributed by atoms with Crippen molar-refractivity contribution in [2.45, 2.75) is 19.3 Å². The molecular weight excluding hydrogens is 454 g/mol. The van der Waals surface area contributed by atoms with Crippen LogP contribution in [0.1, 0.15) is 29.6 Å². The first-order valence-electron chi connectivity index (χ1n) is 11.7. The van der Waals surface area contributed by atoms with Crippen LogP contribution in [0, 0.1) is 11.8 Å². The van der Waals surface area contributed by atoms with Crippen molar-refractivity contribution in [3.63, 3.8) is 0 Å². The van der Waals surface area contributed by atoms with Gasteiger partial charge < -0.3 is 34.5 Å². The average molecular weight is 479 g/mol. The number of benzene rings is 1. The maximum Gasteiger partial charge on any atom is 0.407 e. The molecule has 11 nitrogen and oxygen atoms in total. The Labute approximate surface area is 200 Å². The van der Waals surface area contributed by atoms with Crippen LogP contribution < -0.4 is 19.5 Å². The van der Waals surface area contributed by atoms with E-state index in [2.05, 4.69) is 20.3 Å². The fraction of sp³-hybridized carbons (Fsp3) is 0.417. The molecule has 1 saturated carbocycles. The lowest BCUT2D eigenvalue weighted by atomic mass is 10.1. The zero-order valence-corrected chi connectivity index (χ0v) is 19.0. The molecule has 2 aliphatic heterocycles. The largest absolute Gasteiger partial charge is 0.492 e. The number of ether oxygens (including phenoxy) is 3. The van der Waals surface area contributed by atoms with Gasteiger partial charge in [-0.15, -0.1) is 0 Å². The van der Waals surface area contributed by atoms with Crippen LogP contribution in [0.2, 0.25) is 0 Å². The van der Waals surface area contributed by atoms with Crippen molar-refractivity contribution in [3.05, 3.63) is 30.2 Å². The van der Waals surface area contributed by atoms with Gasteiger partial charge in [0.25, 0.3) is 5.91 Å². The van der Waals surface area contributed by atoms with Crippen molar-refractivity contribution in [2.24, 2.45) is 11.8 Å². The topological polar surface area (TPSA) is 139 Å². The normalized spacial score (nSPS) is 18.7. The highest BCUT2D eigenvalue weighted by molar-refractivity contribution is 6.08. The molecule has 3 N–H and O–H groups in total. The third kappa shape index (κ3) is 4.07. The lowest BCUT2D eigenvalue weighted by molar-refractivity contribution is 0.0949. The Bertz CT molecular complexity index is 1300. The number of aromatic nitrogens is 3. The molecule has 0 spiro atoms. The molecular formula is C24H25N5O6. The standard InChI is InChI=1S/C24H25N5O6/c30-23(26-7-14-5-6-29(9-14)24(31)32)15-8-25-21-19(15)27-11-28-20(21)18-16(33-10-13-1-2-13)3-4-17-22(18)35-12-34-17/h3-4,8,11,13-14,25H,1-2,5-7,9-10,12H2,(H,26,30)(H,31,32). The highest BCUT2D eigenvalue weighted by Gasteiger charge is 2.30. The van der Waals surface area contributed by atoms with Gasteiger partial charge in [0.15, 0.2) is 11.5 Å². The number of aromatic amines is 1. The van der Waals surface area contributed by atoms with Gasteiger partial charge in [0.05, 0.1) is 23.3 Å². The van der Waals surface area contributed by atoms with Gasteiger partial charge >= 0.3 is 6.09 Å². The third-order valence-electron chi connectivity index (χ3n) is 6.72. The van der Waals surface area contributed by atoms with Crippen molar-refractivity contribution < 1.29 is 28.9 Å². The Morgan fingerprint density at radius 1 is 1.20 bits per heavy atom. The molecule has 182 valence electrons. The van der Waals surface area contributed by atoms with Gasteiger partial charge in [-0.05, 0) is 43.2 Å². The smallest absolute Gasteiger partial charge is 0.407 e. The van der Waals surface area contributed by atoms with Crippen LogP contribution in [0.25, 0.3) is 22.3 Å². The molecule has 35 heavy (non-hydrogen) atoms. The van der Waals surface area contributed by atoms with E-state index in [0.29, 0.717) is 77.3 Å². The molecule has 2 aromatic heterocycles. The zero-order valence-electron chi connectivity index (χ0n) is 19.0. The minimum absolute atomic E-state index is 0.0840. The average Bonchev–Trinajstić information content (AvgIpc) is 3.25. The monoisotopic (exact) mass is 479 g/mol. The lowest BCUT2D eigenvalue weighted by Gasteiger charge is -2.14. The number of H-pyrrole nitrogens is 1. The minimum atomic E-state index is -0.929. The molecule has 4 heterocycles. The summed E-state index contributed by atoms with van der Waals surface area (Å²) in [5.41, 5.74) is 2.70. The highest BCUT2D eigenvalue weighted by atomic mass is 16.7. The molecule has 11 heteroatoms. The molecule has 0 radical (unpaired) electrons. The number of fused-ring (bicyclic) bond motifs is 2. The van der Waals surface area contributed by atoms with Crippen molar-refractivity contribution >= 4 is 23.0 Å². The summed E-state index contributed by atoms with van der Waals surface area (Å²) in [7, 11) is 0. The van der Waals surface area contributed by atoms with Crippen molar-refractivity contribution in [1.82, 2.24) is 25.2 Å².